The Morgan fingerprint density at radius 1 is 0.339 bits per heavy atom. The first-order chi connectivity index (χ1) is 30.7. The molecule has 0 aliphatic rings. The van der Waals surface area contributed by atoms with E-state index in [0.717, 1.165) is 66.8 Å². The summed E-state index contributed by atoms with van der Waals surface area (Å²) < 4.78 is 6.59. The number of para-hydroxylation sites is 2. The second kappa shape index (κ2) is 16.1. The number of anilines is 3. The van der Waals surface area contributed by atoms with Gasteiger partial charge in [-0.25, -0.2) is 0 Å². The Balaban J connectivity index is 1.08. The highest BCUT2D eigenvalue weighted by atomic mass is 16.3. The van der Waals surface area contributed by atoms with Gasteiger partial charge in [-0.3, -0.25) is 0 Å². The van der Waals surface area contributed by atoms with E-state index in [0.29, 0.717) is 0 Å². The third-order valence-electron chi connectivity index (χ3n) is 11.9. The summed E-state index contributed by atoms with van der Waals surface area (Å²) in [5.41, 5.74) is 16.6. The topological polar surface area (TPSA) is 16.4 Å². The molecule has 0 aliphatic heterocycles. The SMILES string of the molecule is C(=C/c1ccccc1N(c1ccc(-c2ccc(-c3ccccc3)c(-c3ccccc3)c2)cc1)c1ccccc1-c1cccc2oc3cc4ccccc4cc3c12)/c1ccccc1. The summed E-state index contributed by atoms with van der Waals surface area (Å²) in [6, 6.07) is 84.6. The second-order valence-corrected chi connectivity index (χ2v) is 15.7. The maximum atomic E-state index is 6.59. The van der Waals surface area contributed by atoms with Crippen LogP contribution in [0, 0.1) is 0 Å². The maximum Gasteiger partial charge on any atom is 0.136 e. The van der Waals surface area contributed by atoms with Crippen LogP contribution in [-0.4, -0.2) is 0 Å². The molecule has 0 spiro atoms. The van der Waals surface area contributed by atoms with Crippen molar-refractivity contribution in [2.45, 2.75) is 0 Å². The van der Waals surface area contributed by atoms with Gasteiger partial charge in [0.05, 0.1) is 11.4 Å². The summed E-state index contributed by atoms with van der Waals surface area (Å²) in [7, 11) is 0. The number of fused-ring (bicyclic) bond motifs is 4. The molecular weight excluding hydrogens is 751 g/mol. The van der Waals surface area contributed by atoms with Gasteiger partial charge in [0.25, 0.3) is 0 Å². The number of nitrogens with zero attached hydrogens (tertiary/aromatic N) is 1. The summed E-state index contributed by atoms with van der Waals surface area (Å²) in [6.45, 7) is 0. The highest BCUT2D eigenvalue weighted by Crippen LogP contribution is 2.46. The monoisotopic (exact) mass is 791 g/mol. The lowest BCUT2D eigenvalue weighted by molar-refractivity contribution is 0.669. The van der Waals surface area contributed by atoms with E-state index in [1.165, 1.54) is 38.6 Å². The number of hydrogen-bond acceptors (Lipinski definition) is 2. The Bertz CT molecular complexity index is 3380. The minimum atomic E-state index is 0.873. The fraction of sp³-hybridized carbons (Fsp3) is 0. The van der Waals surface area contributed by atoms with E-state index in [1.807, 2.05) is 0 Å². The van der Waals surface area contributed by atoms with Crippen LogP contribution >= 0.6 is 0 Å². The molecule has 1 aromatic heterocycles. The summed E-state index contributed by atoms with van der Waals surface area (Å²) in [6.07, 6.45) is 4.42. The molecule has 0 bridgehead atoms. The number of rotatable bonds is 9. The third-order valence-corrected chi connectivity index (χ3v) is 11.9. The van der Waals surface area contributed by atoms with Crippen LogP contribution in [0.5, 0.6) is 0 Å². The van der Waals surface area contributed by atoms with Crippen LogP contribution in [0.2, 0.25) is 0 Å². The van der Waals surface area contributed by atoms with Crippen molar-refractivity contribution in [1.82, 2.24) is 0 Å². The van der Waals surface area contributed by atoms with Crippen LogP contribution in [0.1, 0.15) is 11.1 Å². The molecule has 0 unspecified atom stereocenters. The molecule has 2 heteroatoms. The maximum absolute atomic E-state index is 6.59. The van der Waals surface area contributed by atoms with E-state index in [4.69, 9.17) is 4.42 Å². The van der Waals surface area contributed by atoms with Gasteiger partial charge in [-0.15, -0.1) is 0 Å². The summed E-state index contributed by atoms with van der Waals surface area (Å²) in [5, 5.41) is 4.58. The Hall–Kier alpha value is -8.20. The van der Waals surface area contributed by atoms with Crippen molar-refractivity contribution < 1.29 is 4.42 Å². The van der Waals surface area contributed by atoms with Crippen molar-refractivity contribution in [2.75, 3.05) is 4.90 Å². The highest BCUT2D eigenvalue weighted by Gasteiger charge is 2.22. The first-order valence-corrected chi connectivity index (χ1v) is 21.2. The number of benzene rings is 10. The van der Waals surface area contributed by atoms with Crippen molar-refractivity contribution in [3.8, 4) is 44.5 Å². The van der Waals surface area contributed by atoms with Gasteiger partial charge in [-0.2, -0.15) is 0 Å². The van der Waals surface area contributed by atoms with E-state index in [1.54, 1.807) is 0 Å². The van der Waals surface area contributed by atoms with E-state index >= 15 is 0 Å². The Morgan fingerprint density at radius 3 is 1.69 bits per heavy atom. The molecule has 2 nitrogen and oxygen atoms in total. The average molecular weight is 792 g/mol. The van der Waals surface area contributed by atoms with Crippen molar-refractivity contribution in [3.63, 3.8) is 0 Å². The largest absolute Gasteiger partial charge is 0.456 e. The van der Waals surface area contributed by atoms with Crippen LogP contribution in [0.25, 0.3) is 89.4 Å². The Labute approximate surface area is 361 Å². The molecule has 62 heavy (non-hydrogen) atoms. The minimum absolute atomic E-state index is 0.873. The standard InChI is InChI=1S/C60H41NO/c1-4-17-42(18-5-1)31-32-46-23-12-14-28-56(46)61(50-36-33-43(34-37-50)49-35-38-51(44-19-6-2-7-20-44)54(39-49)45-21-8-3-9-22-45)57-29-15-13-26-52(57)53-27-16-30-58-60(53)55-40-47-24-10-11-25-48(47)41-59(55)62-58/h1-41H/b32-31-. The average Bonchev–Trinajstić information content (AvgIpc) is 3.72. The molecule has 292 valence electrons. The zero-order valence-corrected chi connectivity index (χ0v) is 34.0. The van der Waals surface area contributed by atoms with Gasteiger partial charge < -0.3 is 9.32 Å². The predicted molar refractivity (Wildman–Crippen MR) is 263 cm³/mol. The van der Waals surface area contributed by atoms with Crippen LogP contribution in [0.4, 0.5) is 17.1 Å². The van der Waals surface area contributed by atoms with Gasteiger partial charge in [0.1, 0.15) is 11.2 Å². The fourth-order valence-corrected chi connectivity index (χ4v) is 8.88. The van der Waals surface area contributed by atoms with Crippen LogP contribution in [-0.2, 0) is 0 Å². The number of hydrogen-bond donors (Lipinski definition) is 0. The Morgan fingerprint density at radius 2 is 0.935 bits per heavy atom. The van der Waals surface area contributed by atoms with Crippen LogP contribution < -0.4 is 4.90 Å². The van der Waals surface area contributed by atoms with E-state index < -0.39 is 0 Å². The molecule has 0 amide bonds. The molecule has 10 aromatic carbocycles. The molecule has 0 N–H and O–H groups in total. The molecule has 0 saturated heterocycles. The summed E-state index contributed by atoms with van der Waals surface area (Å²) in [4.78, 5) is 2.41. The second-order valence-electron chi connectivity index (χ2n) is 15.7. The zero-order valence-electron chi connectivity index (χ0n) is 34.0. The quantitative estimate of drug-likeness (QED) is 0.135. The van der Waals surface area contributed by atoms with E-state index in [9.17, 15) is 0 Å². The normalized spacial score (nSPS) is 11.5. The Kier molecular flexibility index (Phi) is 9.57. The summed E-state index contributed by atoms with van der Waals surface area (Å²) in [5.74, 6) is 0. The van der Waals surface area contributed by atoms with Crippen LogP contribution in [0.3, 0.4) is 0 Å². The first kappa shape index (κ1) is 36.8. The third kappa shape index (κ3) is 6.94. The molecule has 0 saturated carbocycles. The van der Waals surface area contributed by atoms with Crippen molar-refractivity contribution in [2.24, 2.45) is 0 Å². The molecule has 0 radical (unpaired) electrons. The minimum Gasteiger partial charge on any atom is -0.456 e. The van der Waals surface area contributed by atoms with Crippen molar-refractivity contribution >= 4 is 61.9 Å². The lowest BCUT2D eigenvalue weighted by Crippen LogP contribution is -2.12. The molecule has 0 fully saturated rings. The van der Waals surface area contributed by atoms with E-state index in [-0.39, 0.29) is 0 Å². The van der Waals surface area contributed by atoms with Gasteiger partial charge in [0, 0.05) is 22.0 Å². The lowest BCUT2D eigenvalue weighted by Gasteiger charge is -2.29. The highest BCUT2D eigenvalue weighted by molar-refractivity contribution is 6.16. The lowest BCUT2D eigenvalue weighted by atomic mass is 9.91. The zero-order chi connectivity index (χ0) is 41.2. The smallest absolute Gasteiger partial charge is 0.136 e. The predicted octanol–water partition coefficient (Wildman–Crippen LogP) is 17.0. The molecule has 0 atom stereocenters. The molecule has 11 rings (SSSR count). The molecule has 1 heterocycles. The van der Waals surface area contributed by atoms with Crippen molar-refractivity contribution in [1.29, 1.82) is 0 Å². The molecule has 11 aromatic rings. The summed E-state index contributed by atoms with van der Waals surface area (Å²) >= 11 is 0. The van der Waals surface area contributed by atoms with Gasteiger partial charge >= 0.3 is 0 Å². The van der Waals surface area contributed by atoms with Gasteiger partial charge in [0.15, 0.2) is 0 Å². The molecule has 0 aliphatic carbocycles. The van der Waals surface area contributed by atoms with Crippen LogP contribution in [0.15, 0.2) is 241 Å². The molecular formula is C60H41NO. The fourth-order valence-electron chi connectivity index (χ4n) is 8.88. The van der Waals surface area contributed by atoms with Gasteiger partial charge in [0.2, 0.25) is 0 Å². The number of furan rings is 1. The van der Waals surface area contributed by atoms with E-state index in [2.05, 4.69) is 254 Å². The van der Waals surface area contributed by atoms with Crippen molar-refractivity contribution in [3.05, 3.63) is 248 Å². The van der Waals surface area contributed by atoms with Gasteiger partial charge in [-0.05, 0) is 109 Å². The first-order valence-electron chi connectivity index (χ1n) is 21.2. The van der Waals surface area contributed by atoms with Gasteiger partial charge in [-0.1, -0.05) is 200 Å².